The zero-order chi connectivity index (χ0) is 15.0. The molecule has 112 valence electrons. The third-order valence-electron chi connectivity index (χ3n) is 4.54. The summed E-state index contributed by atoms with van der Waals surface area (Å²) < 4.78 is 0. The Morgan fingerprint density at radius 1 is 1.43 bits per heavy atom. The molecule has 1 heterocycles. The van der Waals surface area contributed by atoms with E-state index in [2.05, 4.69) is 12.2 Å². The summed E-state index contributed by atoms with van der Waals surface area (Å²) in [5, 5.41) is 12.3. The minimum absolute atomic E-state index is 0.0256. The highest BCUT2D eigenvalue weighted by molar-refractivity contribution is 5.90. The molecule has 2 N–H and O–H groups in total. The van der Waals surface area contributed by atoms with E-state index in [0.29, 0.717) is 37.0 Å². The molecule has 0 spiro atoms. The van der Waals surface area contributed by atoms with Crippen LogP contribution in [0.3, 0.4) is 0 Å². The normalized spacial score (nSPS) is 23.4. The Bertz CT molecular complexity index is 585. The highest BCUT2D eigenvalue weighted by Crippen LogP contribution is 2.33. The van der Waals surface area contributed by atoms with Crippen molar-refractivity contribution in [2.45, 2.75) is 38.8 Å². The molecule has 1 aromatic carbocycles. The highest BCUT2D eigenvalue weighted by atomic mass is 16.4. The van der Waals surface area contributed by atoms with Crippen molar-refractivity contribution in [2.24, 2.45) is 5.92 Å². The van der Waals surface area contributed by atoms with E-state index in [4.69, 9.17) is 0 Å². The molecule has 0 saturated heterocycles. The van der Waals surface area contributed by atoms with Gasteiger partial charge >= 0.3 is 12.0 Å². The molecule has 2 amide bonds. The van der Waals surface area contributed by atoms with Gasteiger partial charge in [-0.1, -0.05) is 25.5 Å². The second-order valence-corrected chi connectivity index (χ2v) is 5.88. The quantitative estimate of drug-likeness (QED) is 0.896. The molecule has 2 atom stereocenters. The first kappa shape index (κ1) is 13.9. The van der Waals surface area contributed by atoms with Crippen molar-refractivity contribution >= 4 is 12.0 Å². The van der Waals surface area contributed by atoms with Crippen molar-refractivity contribution in [3.63, 3.8) is 0 Å². The fourth-order valence-electron chi connectivity index (χ4n) is 3.11. The first-order chi connectivity index (χ1) is 10.1. The van der Waals surface area contributed by atoms with Crippen LogP contribution in [0.2, 0.25) is 0 Å². The fourth-order valence-corrected chi connectivity index (χ4v) is 3.11. The van der Waals surface area contributed by atoms with Gasteiger partial charge in [0.15, 0.2) is 0 Å². The van der Waals surface area contributed by atoms with Crippen LogP contribution in [-0.4, -0.2) is 34.6 Å². The molecule has 1 saturated carbocycles. The average Bonchev–Trinajstić information content (AvgIpc) is 3.24. The maximum absolute atomic E-state index is 12.2. The number of carboxylic acid groups (broad SMARTS) is 1. The Morgan fingerprint density at radius 3 is 2.90 bits per heavy atom. The number of carbonyl (C=O) groups is 2. The van der Waals surface area contributed by atoms with Crippen LogP contribution in [0.4, 0.5) is 4.79 Å². The number of aromatic carboxylic acids is 1. The van der Waals surface area contributed by atoms with E-state index in [9.17, 15) is 14.7 Å². The molecule has 2 unspecified atom stereocenters. The molecule has 0 radical (unpaired) electrons. The van der Waals surface area contributed by atoms with E-state index < -0.39 is 5.97 Å². The van der Waals surface area contributed by atoms with Gasteiger partial charge in [0.2, 0.25) is 0 Å². The molecular formula is C16H20N2O3. The lowest BCUT2D eigenvalue weighted by atomic mass is 9.95. The number of urea groups is 1. The molecule has 1 aliphatic carbocycles. The third-order valence-corrected chi connectivity index (χ3v) is 4.54. The lowest BCUT2D eigenvalue weighted by Gasteiger charge is -2.29. The molecule has 1 aromatic rings. The highest BCUT2D eigenvalue weighted by Gasteiger charge is 2.37. The van der Waals surface area contributed by atoms with E-state index in [0.717, 1.165) is 24.0 Å². The van der Waals surface area contributed by atoms with Crippen LogP contribution >= 0.6 is 0 Å². The summed E-state index contributed by atoms with van der Waals surface area (Å²) in [5.41, 5.74) is 2.17. The van der Waals surface area contributed by atoms with Crippen LogP contribution in [0.1, 0.15) is 41.3 Å². The van der Waals surface area contributed by atoms with Crippen molar-refractivity contribution < 1.29 is 14.7 Å². The average molecular weight is 288 g/mol. The lowest BCUT2D eigenvalue weighted by molar-refractivity contribution is 0.0695. The largest absolute Gasteiger partial charge is 0.478 e. The summed E-state index contributed by atoms with van der Waals surface area (Å²) in [6.45, 7) is 3.21. The van der Waals surface area contributed by atoms with Gasteiger partial charge in [-0.3, -0.25) is 0 Å². The van der Waals surface area contributed by atoms with Gasteiger partial charge in [0.05, 0.1) is 5.56 Å². The van der Waals surface area contributed by atoms with Crippen LogP contribution in [0.25, 0.3) is 0 Å². The summed E-state index contributed by atoms with van der Waals surface area (Å²) in [5.74, 6) is -0.266. The second kappa shape index (κ2) is 5.39. The number of nitrogens with zero attached hydrogens (tertiary/aromatic N) is 1. The van der Waals surface area contributed by atoms with Crippen molar-refractivity contribution in [1.82, 2.24) is 10.2 Å². The number of nitrogens with one attached hydrogen (secondary N) is 1. The molecule has 1 fully saturated rings. The zero-order valence-corrected chi connectivity index (χ0v) is 12.1. The molecule has 21 heavy (non-hydrogen) atoms. The van der Waals surface area contributed by atoms with E-state index in [1.165, 1.54) is 0 Å². The standard InChI is InChI=1S/C16H20N2O3/c1-2-10-8-14(10)17-16(21)18-7-6-12-11(9-18)4-3-5-13(12)15(19)20/h3-5,10,14H,2,6-9H2,1H3,(H,17,21)(H,19,20). The Labute approximate surface area is 123 Å². The summed E-state index contributed by atoms with van der Waals surface area (Å²) in [4.78, 5) is 25.2. The number of carboxylic acids is 1. The lowest BCUT2D eigenvalue weighted by Crippen LogP contribution is -2.44. The fraction of sp³-hybridized carbons (Fsp3) is 0.500. The van der Waals surface area contributed by atoms with Crippen LogP contribution in [0.15, 0.2) is 18.2 Å². The summed E-state index contributed by atoms with van der Waals surface area (Å²) >= 11 is 0. The second-order valence-electron chi connectivity index (χ2n) is 5.88. The SMILES string of the molecule is CCC1CC1NC(=O)N1CCc2c(cccc2C(=O)O)C1. The van der Waals surface area contributed by atoms with Crippen LogP contribution in [-0.2, 0) is 13.0 Å². The topological polar surface area (TPSA) is 69.6 Å². The number of hydrogen-bond acceptors (Lipinski definition) is 2. The number of fused-ring (bicyclic) bond motifs is 1. The maximum Gasteiger partial charge on any atom is 0.335 e. The van der Waals surface area contributed by atoms with Crippen LogP contribution in [0.5, 0.6) is 0 Å². The van der Waals surface area contributed by atoms with Gasteiger partial charge in [-0.2, -0.15) is 0 Å². The van der Waals surface area contributed by atoms with Gasteiger partial charge in [0.25, 0.3) is 0 Å². The van der Waals surface area contributed by atoms with Crippen LogP contribution in [0, 0.1) is 5.92 Å². The molecule has 3 rings (SSSR count). The number of benzene rings is 1. The molecule has 2 aliphatic rings. The summed E-state index contributed by atoms with van der Waals surface area (Å²) in [6, 6.07) is 5.59. The van der Waals surface area contributed by atoms with Gasteiger partial charge in [-0.05, 0) is 36.0 Å². The van der Waals surface area contributed by atoms with Gasteiger partial charge in [0, 0.05) is 19.1 Å². The van der Waals surface area contributed by atoms with Gasteiger partial charge in [-0.25, -0.2) is 9.59 Å². The molecule has 0 bridgehead atoms. The van der Waals surface area contributed by atoms with Crippen molar-refractivity contribution in [1.29, 1.82) is 0 Å². The number of amides is 2. The minimum Gasteiger partial charge on any atom is -0.478 e. The van der Waals surface area contributed by atoms with Crippen molar-refractivity contribution in [3.8, 4) is 0 Å². The first-order valence-corrected chi connectivity index (χ1v) is 7.49. The molecule has 5 nitrogen and oxygen atoms in total. The summed E-state index contributed by atoms with van der Waals surface area (Å²) in [7, 11) is 0. The monoisotopic (exact) mass is 288 g/mol. The first-order valence-electron chi connectivity index (χ1n) is 7.49. The number of carbonyl (C=O) groups excluding carboxylic acids is 1. The van der Waals surface area contributed by atoms with Crippen molar-refractivity contribution in [2.75, 3.05) is 6.54 Å². The number of rotatable bonds is 3. The van der Waals surface area contributed by atoms with Gasteiger partial charge < -0.3 is 15.3 Å². The molecular weight excluding hydrogens is 268 g/mol. The minimum atomic E-state index is -0.895. The van der Waals surface area contributed by atoms with E-state index >= 15 is 0 Å². The predicted octanol–water partition coefficient (Wildman–Crippen LogP) is 2.25. The Morgan fingerprint density at radius 2 is 2.24 bits per heavy atom. The van der Waals surface area contributed by atoms with E-state index in [1.807, 2.05) is 6.07 Å². The molecule has 1 aliphatic heterocycles. The van der Waals surface area contributed by atoms with Gasteiger partial charge in [0.1, 0.15) is 0 Å². The number of hydrogen-bond donors (Lipinski definition) is 2. The molecule has 5 heteroatoms. The Hall–Kier alpha value is -2.04. The Balaban J connectivity index is 1.69. The zero-order valence-electron chi connectivity index (χ0n) is 12.1. The summed E-state index contributed by atoms with van der Waals surface area (Å²) in [6.07, 6.45) is 2.79. The Kier molecular flexibility index (Phi) is 3.57. The predicted molar refractivity (Wildman–Crippen MR) is 78.2 cm³/mol. The van der Waals surface area contributed by atoms with E-state index in [1.54, 1.807) is 17.0 Å². The van der Waals surface area contributed by atoms with E-state index in [-0.39, 0.29) is 6.03 Å². The third kappa shape index (κ3) is 2.73. The molecule has 0 aromatic heterocycles. The maximum atomic E-state index is 12.2. The van der Waals surface area contributed by atoms with Gasteiger partial charge in [-0.15, -0.1) is 0 Å². The van der Waals surface area contributed by atoms with Crippen molar-refractivity contribution in [3.05, 3.63) is 34.9 Å². The smallest absolute Gasteiger partial charge is 0.335 e. The van der Waals surface area contributed by atoms with Crippen LogP contribution < -0.4 is 5.32 Å².